The summed E-state index contributed by atoms with van der Waals surface area (Å²) in [6.07, 6.45) is 5.10. The van der Waals surface area contributed by atoms with E-state index >= 15 is 0 Å². The Morgan fingerprint density at radius 3 is 2.61 bits per heavy atom. The molecule has 0 aliphatic carbocycles. The third-order valence-corrected chi connectivity index (χ3v) is 5.11. The Bertz CT molecular complexity index is 492. The van der Waals surface area contributed by atoms with Crippen LogP contribution in [0.1, 0.15) is 37.3 Å². The van der Waals surface area contributed by atoms with Crippen LogP contribution in [0.4, 0.5) is 0 Å². The molecule has 2 heterocycles. The monoisotopic (exact) mass is 340 g/mol. The highest BCUT2D eigenvalue weighted by molar-refractivity contribution is 5.85. The molecule has 2 saturated heterocycles. The van der Waals surface area contributed by atoms with Gasteiger partial charge in [0.05, 0.1) is 14.2 Å². The average Bonchev–Trinajstić information content (AvgIpc) is 3.03. The second kappa shape index (κ2) is 8.76. The molecule has 1 aromatic carbocycles. The van der Waals surface area contributed by atoms with Crippen molar-refractivity contribution in [3.8, 4) is 11.5 Å². The van der Waals surface area contributed by atoms with Gasteiger partial charge in [-0.05, 0) is 69.4 Å². The summed E-state index contributed by atoms with van der Waals surface area (Å²) in [7, 11) is 3.49. The number of nitrogens with one attached hydrogen (secondary N) is 1. The molecule has 2 fully saturated rings. The number of methoxy groups -OCH3 is 2. The Kier molecular flexibility index (Phi) is 7.00. The second-order valence-corrected chi connectivity index (χ2v) is 6.45. The van der Waals surface area contributed by atoms with Crippen molar-refractivity contribution in [2.75, 3.05) is 40.4 Å². The van der Waals surface area contributed by atoms with Gasteiger partial charge in [0, 0.05) is 18.2 Å². The van der Waals surface area contributed by atoms with Gasteiger partial charge in [-0.25, -0.2) is 0 Å². The van der Waals surface area contributed by atoms with Crippen LogP contribution in [0.5, 0.6) is 11.5 Å². The first-order valence-corrected chi connectivity index (χ1v) is 8.48. The molecule has 0 aromatic heterocycles. The van der Waals surface area contributed by atoms with Crippen molar-refractivity contribution in [3.05, 3.63) is 23.8 Å². The third kappa shape index (κ3) is 4.31. The van der Waals surface area contributed by atoms with E-state index in [1.807, 2.05) is 12.1 Å². The van der Waals surface area contributed by atoms with Gasteiger partial charge in [-0.1, -0.05) is 0 Å². The fourth-order valence-electron chi connectivity index (χ4n) is 3.89. The molecule has 3 rings (SSSR count). The van der Waals surface area contributed by atoms with Crippen molar-refractivity contribution in [1.82, 2.24) is 10.2 Å². The van der Waals surface area contributed by atoms with E-state index in [4.69, 9.17) is 9.47 Å². The van der Waals surface area contributed by atoms with E-state index in [0.29, 0.717) is 6.04 Å². The number of piperidine rings is 1. The van der Waals surface area contributed by atoms with Gasteiger partial charge in [-0.3, -0.25) is 4.90 Å². The van der Waals surface area contributed by atoms with Gasteiger partial charge in [0.1, 0.15) is 11.5 Å². The molecule has 0 bridgehead atoms. The first kappa shape index (κ1) is 18.4. The maximum atomic E-state index is 5.60. The fourth-order valence-corrected chi connectivity index (χ4v) is 3.89. The van der Waals surface area contributed by atoms with Crippen LogP contribution in [0.25, 0.3) is 0 Å². The fraction of sp³-hybridized carbons (Fsp3) is 0.667. The largest absolute Gasteiger partial charge is 0.497 e. The minimum absolute atomic E-state index is 0. The predicted molar refractivity (Wildman–Crippen MR) is 95.9 cm³/mol. The molecule has 4 nitrogen and oxygen atoms in total. The molecule has 0 radical (unpaired) electrons. The lowest BCUT2D eigenvalue weighted by Crippen LogP contribution is -2.36. The zero-order valence-electron chi connectivity index (χ0n) is 14.2. The number of nitrogens with zero attached hydrogens (tertiary/aromatic N) is 1. The van der Waals surface area contributed by atoms with Crippen molar-refractivity contribution in [1.29, 1.82) is 0 Å². The minimum Gasteiger partial charge on any atom is -0.497 e. The maximum Gasteiger partial charge on any atom is 0.123 e. The van der Waals surface area contributed by atoms with Crippen LogP contribution in [-0.4, -0.2) is 45.3 Å². The van der Waals surface area contributed by atoms with Gasteiger partial charge in [-0.15, -0.1) is 12.4 Å². The van der Waals surface area contributed by atoms with Crippen molar-refractivity contribution >= 4 is 12.4 Å². The third-order valence-electron chi connectivity index (χ3n) is 5.11. The number of hydrogen-bond donors (Lipinski definition) is 1. The predicted octanol–water partition coefficient (Wildman–Crippen LogP) is 3.26. The van der Waals surface area contributed by atoms with Crippen LogP contribution in [-0.2, 0) is 0 Å². The molecule has 1 atom stereocenters. The molecule has 130 valence electrons. The van der Waals surface area contributed by atoms with E-state index in [9.17, 15) is 0 Å². The van der Waals surface area contributed by atoms with E-state index in [-0.39, 0.29) is 12.4 Å². The smallest absolute Gasteiger partial charge is 0.123 e. The number of benzene rings is 1. The highest BCUT2D eigenvalue weighted by atomic mass is 35.5. The Balaban J connectivity index is 0.00000192. The lowest BCUT2D eigenvalue weighted by molar-refractivity contribution is 0.190. The molecule has 0 spiro atoms. The highest BCUT2D eigenvalue weighted by Crippen LogP contribution is 2.39. The summed E-state index contributed by atoms with van der Waals surface area (Å²) in [5, 5.41) is 3.46. The molecule has 0 amide bonds. The molecule has 2 aliphatic rings. The van der Waals surface area contributed by atoms with Crippen molar-refractivity contribution < 1.29 is 9.47 Å². The van der Waals surface area contributed by atoms with Crippen molar-refractivity contribution in [2.45, 2.75) is 31.7 Å². The van der Waals surface area contributed by atoms with E-state index < -0.39 is 0 Å². The zero-order valence-corrected chi connectivity index (χ0v) is 15.0. The van der Waals surface area contributed by atoms with Gasteiger partial charge in [0.2, 0.25) is 0 Å². The summed E-state index contributed by atoms with van der Waals surface area (Å²) in [5.74, 6) is 2.74. The molecule has 0 saturated carbocycles. The molecule has 1 aromatic rings. The van der Waals surface area contributed by atoms with E-state index in [0.717, 1.165) is 17.4 Å². The van der Waals surface area contributed by atoms with Crippen LogP contribution in [0.2, 0.25) is 0 Å². The van der Waals surface area contributed by atoms with Crippen molar-refractivity contribution in [2.24, 2.45) is 5.92 Å². The number of halogens is 1. The number of rotatable bonds is 5. The number of likely N-dealkylation sites (tertiary alicyclic amines) is 1. The van der Waals surface area contributed by atoms with E-state index in [1.54, 1.807) is 14.2 Å². The van der Waals surface area contributed by atoms with Crippen LogP contribution < -0.4 is 14.8 Å². The zero-order chi connectivity index (χ0) is 15.4. The summed E-state index contributed by atoms with van der Waals surface area (Å²) >= 11 is 0. The van der Waals surface area contributed by atoms with Crippen molar-refractivity contribution in [3.63, 3.8) is 0 Å². The summed E-state index contributed by atoms with van der Waals surface area (Å²) < 4.78 is 11.0. The standard InChI is InChI=1S/C18H28N2O2.ClH/c1-21-15-5-6-18(22-2)16(12-15)17-4-3-11-20(17)13-14-7-9-19-10-8-14;/h5-6,12,14,17,19H,3-4,7-11,13H2,1-2H3;1H. The lowest BCUT2D eigenvalue weighted by atomic mass is 9.96. The second-order valence-electron chi connectivity index (χ2n) is 6.45. The van der Waals surface area contributed by atoms with Crippen LogP contribution in [0, 0.1) is 5.92 Å². The Morgan fingerprint density at radius 1 is 1.13 bits per heavy atom. The summed E-state index contributed by atoms with van der Waals surface area (Å²) in [6, 6.07) is 6.65. The molecule has 1 N–H and O–H groups in total. The number of ether oxygens (including phenoxy) is 2. The summed E-state index contributed by atoms with van der Waals surface area (Å²) in [5.41, 5.74) is 1.29. The van der Waals surface area contributed by atoms with Gasteiger partial charge in [-0.2, -0.15) is 0 Å². The Labute approximate surface area is 145 Å². The quantitative estimate of drug-likeness (QED) is 0.892. The lowest BCUT2D eigenvalue weighted by Gasteiger charge is -2.32. The molecule has 23 heavy (non-hydrogen) atoms. The van der Waals surface area contributed by atoms with Gasteiger partial charge in [0.15, 0.2) is 0 Å². The van der Waals surface area contributed by atoms with E-state index in [1.165, 1.54) is 57.4 Å². The summed E-state index contributed by atoms with van der Waals surface area (Å²) in [4.78, 5) is 2.66. The molecular formula is C18H29ClN2O2. The Morgan fingerprint density at radius 2 is 1.91 bits per heavy atom. The van der Waals surface area contributed by atoms with Gasteiger partial charge in [0.25, 0.3) is 0 Å². The number of hydrogen-bond acceptors (Lipinski definition) is 4. The van der Waals surface area contributed by atoms with Gasteiger partial charge >= 0.3 is 0 Å². The normalized spacial score (nSPS) is 22.6. The Hall–Kier alpha value is -0.970. The molecule has 5 heteroatoms. The SMILES string of the molecule is COc1ccc(OC)c(C2CCCN2CC2CCNCC2)c1.Cl. The van der Waals surface area contributed by atoms with Crippen LogP contribution in [0.3, 0.4) is 0 Å². The van der Waals surface area contributed by atoms with Gasteiger partial charge < -0.3 is 14.8 Å². The topological polar surface area (TPSA) is 33.7 Å². The first-order chi connectivity index (χ1) is 10.8. The minimum atomic E-state index is 0. The molecule has 1 unspecified atom stereocenters. The molecule has 2 aliphatic heterocycles. The summed E-state index contributed by atoms with van der Waals surface area (Å²) in [6.45, 7) is 4.76. The maximum absolute atomic E-state index is 5.60. The molecular weight excluding hydrogens is 312 g/mol. The van der Waals surface area contributed by atoms with Crippen LogP contribution >= 0.6 is 12.4 Å². The highest BCUT2D eigenvalue weighted by Gasteiger charge is 2.30. The average molecular weight is 341 g/mol. The first-order valence-electron chi connectivity index (χ1n) is 8.48. The van der Waals surface area contributed by atoms with Crippen LogP contribution in [0.15, 0.2) is 18.2 Å². The van der Waals surface area contributed by atoms with E-state index in [2.05, 4.69) is 16.3 Å².